The van der Waals surface area contributed by atoms with Gasteiger partial charge in [-0.1, -0.05) is 0 Å². The Morgan fingerprint density at radius 3 is 2.58 bits per heavy atom. The van der Waals surface area contributed by atoms with E-state index in [1.165, 1.54) is 13.3 Å². The van der Waals surface area contributed by atoms with Crippen molar-refractivity contribution in [1.82, 2.24) is 14.9 Å². The van der Waals surface area contributed by atoms with E-state index in [0.717, 1.165) is 48.3 Å². The van der Waals surface area contributed by atoms with Gasteiger partial charge in [0, 0.05) is 26.7 Å². The highest BCUT2D eigenvalue weighted by molar-refractivity contribution is 5.85. The van der Waals surface area contributed by atoms with Gasteiger partial charge in [0.1, 0.15) is 18.2 Å². The Labute approximate surface area is 152 Å². The van der Waals surface area contributed by atoms with Gasteiger partial charge in [-0.25, -0.2) is 0 Å². The first kappa shape index (κ1) is 18.4. The molecule has 0 saturated carbocycles. The summed E-state index contributed by atoms with van der Waals surface area (Å²) in [6.07, 6.45) is 0.531. The van der Waals surface area contributed by atoms with Crippen LogP contribution >= 0.6 is 0 Å². The molecule has 1 unspecified atom stereocenters. The zero-order valence-electron chi connectivity index (χ0n) is 15.1. The lowest BCUT2D eigenvalue weighted by Gasteiger charge is -2.51. The molecule has 4 heterocycles. The molecule has 9 heteroatoms. The number of hydrogen-bond donors (Lipinski definition) is 3. The Balaban J connectivity index is 1.70. The monoisotopic (exact) mass is 361 g/mol. The third kappa shape index (κ3) is 3.31. The minimum absolute atomic E-state index is 0.0307. The summed E-state index contributed by atoms with van der Waals surface area (Å²) >= 11 is 0. The van der Waals surface area contributed by atoms with Gasteiger partial charge in [-0.05, 0) is 12.5 Å². The molecule has 0 aliphatic carbocycles. The minimum atomic E-state index is -0.804. The van der Waals surface area contributed by atoms with Gasteiger partial charge in [-0.2, -0.15) is 10.4 Å². The van der Waals surface area contributed by atoms with E-state index in [1.54, 1.807) is 6.92 Å². The van der Waals surface area contributed by atoms with Crippen molar-refractivity contribution < 1.29 is 14.7 Å². The first-order valence-electron chi connectivity index (χ1n) is 8.73. The van der Waals surface area contributed by atoms with Crippen molar-refractivity contribution in [3.63, 3.8) is 0 Å². The van der Waals surface area contributed by atoms with Crippen molar-refractivity contribution in [1.29, 1.82) is 5.26 Å². The van der Waals surface area contributed by atoms with Crippen LogP contribution in [0.4, 0.5) is 0 Å². The Kier molecular flexibility index (Phi) is 5.00. The molecule has 0 spiro atoms. The number of aromatic hydroxyl groups is 1. The quantitative estimate of drug-likeness (QED) is 0.259. The minimum Gasteiger partial charge on any atom is -0.494 e. The Morgan fingerprint density at radius 1 is 1.38 bits per heavy atom. The molecule has 3 fully saturated rings. The summed E-state index contributed by atoms with van der Waals surface area (Å²) in [4.78, 5) is 14.4. The lowest BCUT2D eigenvalue weighted by molar-refractivity contribution is -0.943. The maximum atomic E-state index is 11.9. The van der Waals surface area contributed by atoms with Gasteiger partial charge in [0.2, 0.25) is 5.88 Å². The lowest BCUT2D eigenvalue weighted by Crippen LogP contribution is -2.69. The van der Waals surface area contributed by atoms with E-state index < -0.39 is 11.8 Å². The number of nitrogens with zero attached hydrogens (tertiary/aromatic N) is 5. The molecule has 1 atom stereocenters. The maximum Gasteiger partial charge on any atom is 0.271 e. The van der Waals surface area contributed by atoms with E-state index >= 15 is 0 Å². The standard InChI is InChI=1S/C17H24N6O3/c1-12-13(9-18)16(25)21(2)17(26)14(12)10-19-20-15(24)11-23-6-3-22(4-7-23)5-8-23/h10,15,20,24H,3-8,11H2,1-2H3/p+1. The molecule has 2 bridgehead atoms. The van der Waals surface area contributed by atoms with Gasteiger partial charge >= 0.3 is 0 Å². The smallest absolute Gasteiger partial charge is 0.271 e. The summed E-state index contributed by atoms with van der Waals surface area (Å²) in [6.45, 7) is 8.47. The third-order valence-electron chi connectivity index (χ3n) is 5.62. The van der Waals surface area contributed by atoms with Crippen LogP contribution in [-0.2, 0) is 7.05 Å². The molecule has 26 heavy (non-hydrogen) atoms. The molecule has 3 aliphatic heterocycles. The van der Waals surface area contributed by atoms with Gasteiger partial charge in [0.25, 0.3) is 5.56 Å². The van der Waals surface area contributed by atoms with Crippen LogP contribution in [0.1, 0.15) is 16.7 Å². The molecule has 0 aromatic carbocycles. The van der Waals surface area contributed by atoms with Gasteiger partial charge < -0.3 is 14.7 Å². The summed E-state index contributed by atoms with van der Waals surface area (Å²) in [5.74, 6) is -0.263. The number of aromatic nitrogens is 1. The van der Waals surface area contributed by atoms with E-state index in [4.69, 9.17) is 5.26 Å². The Bertz CT molecular complexity index is 803. The SMILES string of the molecule is Cc1c(/C=N/NC(O)C[N+]23CCN(CC2)CC3)c(O)n(C)c(=O)c1C#N. The van der Waals surface area contributed by atoms with E-state index in [1.807, 2.05) is 6.07 Å². The summed E-state index contributed by atoms with van der Waals surface area (Å²) in [6, 6.07) is 1.86. The van der Waals surface area contributed by atoms with Crippen LogP contribution < -0.4 is 11.0 Å². The van der Waals surface area contributed by atoms with Crippen LogP contribution in [0.3, 0.4) is 0 Å². The first-order chi connectivity index (χ1) is 12.4. The molecule has 4 rings (SSSR count). The topological polar surface area (TPSA) is 114 Å². The molecule has 1 aromatic rings. The number of nitriles is 1. The summed E-state index contributed by atoms with van der Waals surface area (Å²) in [7, 11) is 1.39. The number of fused-ring (bicyclic) bond motifs is 3. The molecular formula is C17H25N6O3+. The second-order valence-corrected chi connectivity index (χ2v) is 7.15. The molecule has 140 valence electrons. The van der Waals surface area contributed by atoms with Crippen LogP contribution in [0.15, 0.2) is 9.90 Å². The summed E-state index contributed by atoms with van der Waals surface area (Å²) < 4.78 is 1.90. The Hall–Kier alpha value is -2.41. The zero-order chi connectivity index (χ0) is 18.9. The fourth-order valence-corrected chi connectivity index (χ4v) is 3.79. The summed E-state index contributed by atoms with van der Waals surface area (Å²) in [5.41, 5.74) is 2.76. The van der Waals surface area contributed by atoms with Crippen molar-refractivity contribution in [2.45, 2.75) is 13.2 Å². The van der Waals surface area contributed by atoms with Crippen molar-refractivity contribution in [2.75, 3.05) is 45.8 Å². The fraction of sp³-hybridized carbons (Fsp3) is 0.588. The van der Waals surface area contributed by atoms with Crippen LogP contribution in [0.2, 0.25) is 0 Å². The zero-order valence-corrected chi connectivity index (χ0v) is 15.1. The predicted molar refractivity (Wildman–Crippen MR) is 95.7 cm³/mol. The van der Waals surface area contributed by atoms with Crippen molar-refractivity contribution in [3.8, 4) is 11.9 Å². The van der Waals surface area contributed by atoms with E-state index in [-0.39, 0.29) is 17.0 Å². The lowest BCUT2D eigenvalue weighted by atomic mass is 10.1. The van der Waals surface area contributed by atoms with Crippen molar-refractivity contribution >= 4 is 6.21 Å². The number of quaternary nitrogens is 1. The molecule has 9 nitrogen and oxygen atoms in total. The van der Waals surface area contributed by atoms with E-state index in [2.05, 4.69) is 15.4 Å². The van der Waals surface area contributed by atoms with Crippen LogP contribution in [0, 0.1) is 18.3 Å². The highest BCUT2D eigenvalue weighted by Gasteiger charge is 2.39. The molecule has 3 aliphatic rings. The second kappa shape index (κ2) is 7.07. The Morgan fingerprint density at radius 2 is 2.00 bits per heavy atom. The number of hydrogen-bond acceptors (Lipinski definition) is 7. The average molecular weight is 361 g/mol. The molecule has 3 N–H and O–H groups in total. The normalized spacial score (nSPS) is 26.0. The van der Waals surface area contributed by atoms with Crippen molar-refractivity contribution in [2.24, 2.45) is 12.1 Å². The van der Waals surface area contributed by atoms with Crippen LogP contribution in [0.5, 0.6) is 5.88 Å². The number of rotatable bonds is 5. The van der Waals surface area contributed by atoms with Gasteiger partial charge in [0.05, 0.1) is 31.4 Å². The average Bonchev–Trinajstić information content (AvgIpc) is 2.64. The second-order valence-electron chi connectivity index (χ2n) is 7.15. The number of nitrogens with one attached hydrogen (secondary N) is 1. The number of hydrazone groups is 1. The number of aliphatic hydroxyl groups is 1. The van der Waals surface area contributed by atoms with Crippen LogP contribution in [-0.4, -0.2) is 82.4 Å². The highest BCUT2D eigenvalue weighted by Crippen LogP contribution is 2.20. The van der Waals surface area contributed by atoms with Crippen molar-refractivity contribution in [3.05, 3.63) is 27.0 Å². The number of pyridine rings is 1. The molecule has 0 radical (unpaired) electrons. The largest absolute Gasteiger partial charge is 0.494 e. The fourth-order valence-electron chi connectivity index (χ4n) is 3.79. The van der Waals surface area contributed by atoms with Gasteiger partial charge in [0.15, 0.2) is 6.23 Å². The molecule has 1 aromatic heterocycles. The van der Waals surface area contributed by atoms with E-state index in [9.17, 15) is 15.0 Å². The molecular weight excluding hydrogens is 336 g/mol. The maximum absolute atomic E-state index is 11.9. The number of aliphatic hydroxyl groups excluding tert-OH is 1. The molecule has 3 saturated heterocycles. The van der Waals surface area contributed by atoms with E-state index in [0.29, 0.717) is 12.1 Å². The molecule has 0 amide bonds. The number of piperazine rings is 3. The van der Waals surface area contributed by atoms with Gasteiger partial charge in [-0.15, -0.1) is 0 Å². The first-order valence-corrected chi connectivity index (χ1v) is 8.73. The summed E-state index contributed by atoms with van der Waals surface area (Å²) in [5, 5.41) is 33.6. The van der Waals surface area contributed by atoms with Gasteiger partial charge in [-0.3, -0.25) is 19.7 Å². The third-order valence-corrected chi connectivity index (χ3v) is 5.62. The highest BCUT2D eigenvalue weighted by atomic mass is 16.3. The van der Waals surface area contributed by atoms with Crippen LogP contribution in [0.25, 0.3) is 0 Å². The predicted octanol–water partition coefficient (Wildman–Crippen LogP) is -1.34.